The van der Waals surface area contributed by atoms with Crippen molar-refractivity contribution in [1.82, 2.24) is 10.2 Å². The molecule has 0 saturated carbocycles. The summed E-state index contributed by atoms with van der Waals surface area (Å²) < 4.78 is 12.8. The fraction of sp³-hybridized carbons (Fsp3) is 0. The summed E-state index contributed by atoms with van der Waals surface area (Å²) in [5.74, 6) is -0.346. The summed E-state index contributed by atoms with van der Waals surface area (Å²) in [5, 5.41) is 13.0. The lowest BCUT2D eigenvalue weighted by atomic mass is 10.2. The predicted octanol–water partition coefficient (Wildman–Crippen LogP) is 3.35. The fourth-order valence-corrected chi connectivity index (χ4v) is 1.85. The summed E-state index contributed by atoms with van der Waals surface area (Å²) in [6, 6.07) is 10.6. The number of hydrogen-bond acceptors (Lipinski definition) is 2. The van der Waals surface area contributed by atoms with Crippen molar-refractivity contribution in [1.29, 1.82) is 0 Å². The number of anilines is 2. The third kappa shape index (κ3) is 2.59. The number of carbonyl (C=O) groups is 1. The van der Waals surface area contributed by atoms with Gasteiger partial charge in [-0.1, -0.05) is 0 Å². The van der Waals surface area contributed by atoms with Gasteiger partial charge in [-0.3, -0.25) is 5.10 Å². The highest BCUT2D eigenvalue weighted by Gasteiger charge is 2.04. The molecule has 2 aromatic carbocycles. The van der Waals surface area contributed by atoms with Crippen LogP contribution in [0.25, 0.3) is 10.9 Å². The number of aromatic amines is 1. The Bertz CT molecular complexity index is 751. The quantitative estimate of drug-likeness (QED) is 0.668. The number of rotatable bonds is 2. The molecule has 20 heavy (non-hydrogen) atoms. The van der Waals surface area contributed by atoms with Crippen LogP contribution in [0.3, 0.4) is 0 Å². The molecule has 0 aliphatic carbocycles. The summed E-state index contributed by atoms with van der Waals surface area (Å²) in [6.45, 7) is 0. The van der Waals surface area contributed by atoms with Crippen molar-refractivity contribution in [3.63, 3.8) is 0 Å². The van der Waals surface area contributed by atoms with Gasteiger partial charge in [0.1, 0.15) is 5.82 Å². The van der Waals surface area contributed by atoms with Gasteiger partial charge in [-0.2, -0.15) is 5.10 Å². The lowest BCUT2D eigenvalue weighted by Gasteiger charge is -2.07. The number of H-pyrrole nitrogens is 1. The van der Waals surface area contributed by atoms with Gasteiger partial charge in [0.2, 0.25) is 0 Å². The van der Waals surface area contributed by atoms with Crippen LogP contribution in [0.2, 0.25) is 0 Å². The van der Waals surface area contributed by atoms with E-state index >= 15 is 0 Å². The first kappa shape index (κ1) is 12.2. The van der Waals surface area contributed by atoms with Crippen molar-refractivity contribution in [3.05, 3.63) is 54.5 Å². The molecule has 100 valence electrons. The Labute approximate surface area is 113 Å². The predicted molar refractivity (Wildman–Crippen MR) is 75.1 cm³/mol. The largest absolute Gasteiger partial charge is 0.323 e. The van der Waals surface area contributed by atoms with Crippen LogP contribution in [-0.2, 0) is 0 Å². The maximum Gasteiger partial charge on any atom is 0.323 e. The van der Waals surface area contributed by atoms with E-state index in [1.807, 2.05) is 12.1 Å². The molecule has 3 aromatic rings. The highest BCUT2D eigenvalue weighted by molar-refractivity contribution is 6.00. The Balaban J connectivity index is 1.70. The molecule has 0 fully saturated rings. The first-order valence-electron chi connectivity index (χ1n) is 5.97. The monoisotopic (exact) mass is 270 g/mol. The van der Waals surface area contributed by atoms with Gasteiger partial charge in [-0.25, -0.2) is 9.18 Å². The SMILES string of the molecule is O=C(Nc1ccc(F)cc1)Nc1ccc2[nH]ncc2c1. The molecule has 1 aromatic heterocycles. The second-order valence-electron chi connectivity index (χ2n) is 4.26. The molecule has 5 nitrogen and oxygen atoms in total. The van der Waals surface area contributed by atoms with E-state index in [1.165, 1.54) is 24.3 Å². The number of urea groups is 1. The van der Waals surface area contributed by atoms with Crippen molar-refractivity contribution in [2.45, 2.75) is 0 Å². The summed E-state index contributed by atoms with van der Waals surface area (Å²) in [7, 11) is 0. The molecule has 0 spiro atoms. The van der Waals surface area contributed by atoms with Crippen LogP contribution < -0.4 is 10.6 Å². The normalized spacial score (nSPS) is 10.4. The number of hydrogen-bond donors (Lipinski definition) is 3. The third-order valence-electron chi connectivity index (χ3n) is 2.80. The Kier molecular flexibility index (Phi) is 3.04. The van der Waals surface area contributed by atoms with Gasteiger partial charge >= 0.3 is 6.03 Å². The fourth-order valence-electron chi connectivity index (χ4n) is 1.85. The molecule has 0 atom stereocenters. The molecule has 0 aliphatic rings. The van der Waals surface area contributed by atoms with E-state index in [1.54, 1.807) is 12.3 Å². The topological polar surface area (TPSA) is 69.8 Å². The average Bonchev–Trinajstić information content (AvgIpc) is 2.89. The van der Waals surface area contributed by atoms with Crippen molar-refractivity contribution in [3.8, 4) is 0 Å². The van der Waals surface area contributed by atoms with E-state index < -0.39 is 0 Å². The second kappa shape index (κ2) is 5.00. The Hall–Kier alpha value is -2.89. The van der Waals surface area contributed by atoms with E-state index in [4.69, 9.17) is 0 Å². The number of halogens is 1. The van der Waals surface area contributed by atoms with Crippen LogP contribution >= 0.6 is 0 Å². The van der Waals surface area contributed by atoms with Crippen LogP contribution in [0.15, 0.2) is 48.7 Å². The van der Waals surface area contributed by atoms with E-state index in [9.17, 15) is 9.18 Å². The molecule has 0 radical (unpaired) electrons. The molecule has 0 unspecified atom stereocenters. The molecule has 2 amide bonds. The first-order valence-corrected chi connectivity index (χ1v) is 5.97. The minimum Gasteiger partial charge on any atom is -0.308 e. The minimum absolute atomic E-state index is 0.346. The van der Waals surface area contributed by atoms with Gasteiger partial charge in [-0.15, -0.1) is 0 Å². The lowest BCUT2D eigenvalue weighted by Crippen LogP contribution is -2.19. The molecule has 0 aliphatic heterocycles. The average molecular weight is 270 g/mol. The number of nitrogens with one attached hydrogen (secondary N) is 3. The van der Waals surface area contributed by atoms with Crippen molar-refractivity contribution in [2.75, 3.05) is 10.6 Å². The summed E-state index contributed by atoms with van der Waals surface area (Å²) >= 11 is 0. The summed E-state index contributed by atoms with van der Waals surface area (Å²) in [6.07, 6.45) is 1.68. The molecule has 0 bridgehead atoms. The highest BCUT2D eigenvalue weighted by atomic mass is 19.1. The Morgan fingerprint density at radius 2 is 1.75 bits per heavy atom. The number of carbonyl (C=O) groups excluding carboxylic acids is 1. The number of amides is 2. The molecule has 1 heterocycles. The van der Waals surface area contributed by atoms with Crippen LogP contribution in [0.4, 0.5) is 20.6 Å². The maximum atomic E-state index is 12.8. The van der Waals surface area contributed by atoms with Gasteiger partial charge < -0.3 is 10.6 Å². The molecular formula is C14H11FN4O. The number of fused-ring (bicyclic) bond motifs is 1. The summed E-state index contributed by atoms with van der Waals surface area (Å²) in [4.78, 5) is 11.8. The smallest absolute Gasteiger partial charge is 0.308 e. The van der Waals surface area contributed by atoms with Crippen LogP contribution in [-0.4, -0.2) is 16.2 Å². The molecule has 3 rings (SSSR count). The molecular weight excluding hydrogens is 259 g/mol. The zero-order valence-corrected chi connectivity index (χ0v) is 10.4. The molecule has 3 N–H and O–H groups in total. The zero-order chi connectivity index (χ0) is 13.9. The minimum atomic E-state index is -0.389. The van der Waals surface area contributed by atoms with Gasteiger partial charge in [0.25, 0.3) is 0 Å². The van der Waals surface area contributed by atoms with Gasteiger partial charge in [0.15, 0.2) is 0 Å². The van der Waals surface area contributed by atoms with E-state index in [0.717, 1.165) is 10.9 Å². The standard InChI is InChI=1S/C14H11FN4O/c15-10-1-3-11(4-2-10)17-14(20)18-12-5-6-13-9(7-12)8-16-19-13/h1-8H,(H,16,19)(H2,17,18,20). The van der Waals surface area contributed by atoms with E-state index in [0.29, 0.717) is 11.4 Å². The lowest BCUT2D eigenvalue weighted by molar-refractivity contribution is 0.262. The molecule has 6 heteroatoms. The van der Waals surface area contributed by atoms with E-state index in [-0.39, 0.29) is 11.8 Å². The van der Waals surface area contributed by atoms with Gasteiger partial charge in [0, 0.05) is 16.8 Å². The number of benzene rings is 2. The van der Waals surface area contributed by atoms with Crippen LogP contribution in [0.1, 0.15) is 0 Å². The van der Waals surface area contributed by atoms with Gasteiger partial charge in [-0.05, 0) is 42.5 Å². The second-order valence-corrected chi connectivity index (χ2v) is 4.26. The first-order chi connectivity index (χ1) is 9.70. The number of aromatic nitrogens is 2. The van der Waals surface area contributed by atoms with Crippen LogP contribution in [0, 0.1) is 5.82 Å². The van der Waals surface area contributed by atoms with Crippen LogP contribution in [0.5, 0.6) is 0 Å². The molecule has 0 saturated heterocycles. The van der Waals surface area contributed by atoms with Crippen molar-refractivity contribution >= 4 is 28.3 Å². The number of nitrogens with zero attached hydrogens (tertiary/aromatic N) is 1. The summed E-state index contributed by atoms with van der Waals surface area (Å²) in [5.41, 5.74) is 2.07. The van der Waals surface area contributed by atoms with Crippen molar-refractivity contribution < 1.29 is 9.18 Å². The third-order valence-corrected chi connectivity index (χ3v) is 2.80. The van der Waals surface area contributed by atoms with Gasteiger partial charge in [0.05, 0.1) is 11.7 Å². The Morgan fingerprint density at radius 1 is 1.05 bits per heavy atom. The van der Waals surface area contributed by atoms with Crippen molar-refractivity contribution in [2.24, 2.45) is 0 Å². The highest BCUT2D eigenvalue weighted by Crippen LogP contribution is 2.17. The Morgan fingerprint density at radius 3 is 2.55 bits per heavy atom. The maximum absolute atomic E-state index is 12.8. The van der Waals surface area contributed by atoms with E-state index in [2.05, 4.69) is 20.8 Å². The zero-order valence-electron chi connectivity index (χ0n) is 10.4.